The maximum Gasteiger partial charge on any atom is 0.417 e. The number of benzene rings is 2. The fourth-order valence-corrected chi connectivity index (χ4v) is 2.81. The third-order valence-corrected chi connectivity index (χ3v) is 4.08. The number of cyclic esters (lactones) is 1. The Morgan fingerprint density at radius 2 is 1.96 bits per heavy atom. The van der Waals surface area contributed by atoms with Crippen molar-refractivity contribution in [2.24, 2.45) is 0 Å². The lowest BCUT2D eigenvalue weighted by Gasteiger charge is -2.19. The highest BCUT2D eigenvalue weighted by atomic mass is 16.6. The molecule has 3 rings (SSSR count). The van der Waals surface area contributed by atoms with Crippen LogP contribution in [0.15, 0.2) is 54.6 Å². The molecule has 1 fully saturated rings. The van der Waals surface area contributed by atoms with Crippen molar-refractivity contribution in [1.29, 1.82) is 0 Å². The van der Waals surface area contributed by atoms with E-state index in [0.29, 0.717) is 12.0 Å². The Morgan fingerprint density at radius 1 is 1.20 bits per heavy atom. The molecule has 2 aromatic carbocycles. The molecule has 7 nitrogen and oxygen atoms in total. The summed E-state index contributed by atoms with van der Waals surface area (Å²) in [5, 5.41) is 10.8. The zero-order chi connectivity index (χ0) is 17.8. The van der Waals surface area contributed by atoms with Crippen LogP contribution in [0.5, 0.6) is 0 Å². The number of imide groups is 1. The number of ether oxygens (including phenoxy) is 1. The standard InChI is InChI=1S/C18H16N2O5/c21-17(10-9-13-5-4-8-15(11-13)20(23)24)19-16(12-25-18(19)22)14-6-2-1-3-7-14/h1-8,11,16H,9-10,12H2. The van der Waals surface area contributed by atoms with Gasteiger partial charge in [0.25, 0.3) is 5.69 Å². The van der Waals surface area contributed by atoms with E-state index in [1.54, 1.807) is 12.1 Å². The molecule has 0 N–H and O–H groups in total. The summed E-state index contributed by atoms with van der Waals surface area (Å²) < 4.78 is 5.03. The first-order valence-corrected chi connectivity index (χ1v) is 7.83. The van der Waals surface area contributed by atoms with Crippen LogP contribution in [0.4, 0.5) is 10.5 Å². The Balaban J connectivity index is 1.70. The van der Waals surface area contributed by atoms with Gasteiger partial charge in [-0.1, -0.05) is 42.5 Å². The Kier molecular flexibility index (Phi) is 4.74. The number of non-ortho nitro benzene ring substituents is 1. The summed E-state index contributed by atoms with van der Waals surface area (Å²) in [4.78, 5) is 35.9. The van der Waals surface area contributed by atoms with Crippen molar-refractivity contribution in [3.8, 4) is 0 Å². The van der Waals surface area contributed by atoms with E-state index >= 15 is 0 Å². The molecule has 0 aromatic heterocycles. The average Bonchev–Trinajstić information content (AvgIpc) is 3.02. The zero-order valence-corrected chi connectivity index (χ0v) is 13.3. The van der Waals surface area contributed by atoms with Crippen LogP contribution in [-0.2, 0) is 16.0 Å². The summed E-state index contributed by atoms with van der Waals surface area (Å²) in [5.41, 5.74) is 1.48. The minimum absolute atomic E-state index is 0.0207. The summed E-state index contributed by atoms with van der Waals surface area (Å²) >= 11 is 0. The topological polar surface area (TPSA) is 89.8 Å². The number of hydrogen-bond acceptors (Lipinski definition) is 5. The van der Waals surface area contributed by atoms with Gasteiger partial charge in [0.1, 0.15) is 12.6 Å². The van der Waals surface area contributed by atoms with Gasteiger partial charge in [0.2, 0.25) is 5.91 Å². The lowest BCUT2D eigenvalue weighted by atomic mass is 10.1. The molecule has 7 heteroatoms. The zero-order valence-electron chi connectivity index (χ0n) is 13.3. The van der Waals surface area contributed by atoms with Gasteiger partial charge < -0.3 is 4.74 Å². The van der Waals surface area contributed by atoms with E-state index in [0.717, 1.165) is 10.5 Å². The van der Waals surface area contributed by atoms with E-state index < -0.39 is 17.1 Å². The molecule has 25 heavy (non-hydrogen) atoms. The molecule has 1 atom stereocenters. The van der Waals surface area contributed by atoms with E-state index in [4.69, 9.17) is 4.74 Å². The fourth-order valence-electron chi connectivity index (χ4n) is 2.81. The minimum atomic E-state index is -0.655. The van der Waals surface area contributed by atoms with Gasteiger partial charge in [-0.25, -0.2) is 9.69 Å². The summed E-state index contributed by atoms with van der Waals surface area (Å²) in [6, 6.07) is 14.9. The molecule has 1 aliphatic heterocycles. The van der Waals surface area contributed by atoms with Crippen molar-refractivity contribution < 1.29 is 19.2 Å². The van der Waals surface area contributed by atoms with Gasteiger partial charge in [0, 0.05) is 18.6 Å². The molecule has 0 spiro atoms. The molecule has 0 radical (unpaired) electrons. The van der Waals surface area contributed by atoms with E-state index in [1.807, 2.05) is 30.3 Å². The van der Waals surface area contributed by atoms with Gasteiger partial charge >= 0.3 is 6.09 Å². The summed E-state index contributed by atoms with van der Waals surface area (Å²) in [5.74, 6) is -0.358. The maximum atomic E-state index is 12.5. The van der Waals surface area contributed by atoms with Crippen LogP contribution >= 0.6 is 0 Å². The van der Waals surface area contributed by atoms with Crippen LogP contribution in [0.1, 0.15) is 23.6 Å². The number of carbonyl (C=O) groups is 2. The molecule has 2 aromatic rings. The van der Waals surface area contributed by atoms with E-state index in [1.165, 1.54) is 12.1 Å². The maximum absolute atomic E-state index is 12.5. The normalized spacial score (nSPS) is 16.6. The number of carbonyl (C=O) groups excluding carboxylic acids is 2. The van der Waals surface area contributed by atoms with Crippen molar-refractivity contribution in [2.75, 3.05) is 6.61 Å². The smallest absolute Gasteiger partial charge is 0.417 e. The highest BCUT2D eigenvalue weighted by molar-refractivity contribution is 5.93. The van der Waals surface area contributed by atoms with Crippen molar-refractivity contribution >= 4 is 17.7 Å². The van der Waals surface area contributed by atoms with Crippen molar-refractivity contribution in [2.45, 2.75) is 18.9 Å². The summed E-state index contributed by atoms with van der Waals surface area (Å²) in [7, 11) is 0. The quantitative estimate of drug-likeness (QED) is 0.615. The number of aryl methyl sites for hydroxylation is 1. The molecule has 1 unspecified atom stereocenters. The monoisotopic (exact) mass is 340 g/mol. The number of amides is 2. The van der Waals surface area contributed by atoms with Crippen molar-refractivity contribution in [3.63, 3.8) is 0 Å². The molecule has 128 valence electrons. The van der Waals surface area contributed by atoms with E-state index in [2.05, 4.69) is 0 Å². The van der Waals surface area contributed by atoms with E-state index in [9.17, 15) is 19.7 Å². The van der Waals surface area contributed by atoms with Gasteiger partial charge in [-0.15, -0.1) is 0 Å². The van der Waals surface area contributed by atoms with Crippen LogP contribution in [0.2, 0.25) is 0 Å². The first kappa shape index (κ1) is 16.6. The summed E-state index contributed by atoms with van der Waals surface area (Å²) in [6.07, 6.45) is -0.274. The number of nitrogens with zero attached hydrogens (tertiary/aromatic N) is 2. The molecule has 1 saturated heterocycles. The van der Waals surface area contributed by atoms with Crippen LogP contribution < -0.4 is 0 Å². The van der Waals surface area contributed by atoms with E-state index in [-0.39, 0.29) is 24.6 Å². The van der Waals surface area contributed by atoms with Gasteiger partial charge in [-0.2, -0.15) is 0 Å². The second-order valence-electron chi connectivity index (χ2n) is 5.69. The third kappa shape index (κ3) is 3.65. The first-order valence-electron chi connectivity index (χ1n) is 7.83. The van der Waals surface area contributed by atoms with Gasteiger partial charge in [0.15, 0.2) is 0 Å². The van der Waals surface area contributed by atoms with Gasteiger partial charge in [0.05, 0.1) is 4.92 Å². The molecule has 0 saturated carbocycles. The number of hydrogen-bond donors (Lipinski definition) is 0. The van der Waals surface area contributed by atoms with Crippen LogP contribution in [0.25, 0.3) is 0 Å². The Hall–Kier alpha value is -3.22. The molecule has 1 heterocycles. The molecular formula is C18H16N2O5. The largest absolute Gasteiger partial charge is 0.446 e. The predicted molar refractivity (Wildman–Crippen MR) is 88.8 cm³/mol. The van der Waals surface area contributed by atoms with Crippen LogP contribution in [-0.4, -0.2) is 28.4 Å². The number of nitro benzene ring substituents is 1. The molecule has 1 aliphatic rings. The van der Waals surface area contributed by atoms with Crippen molar-refractivity contribution in [1.82, 2.24) is 4.90 Å². The van der Waals surface area contributed by atoms with Crippen molar-refractivity contribution in [3.05, 3.63) is 75.8 Å². The molecule has 2 amide bonds. The summed E-state index contributed by atoms with van der Waals surface area (Å²) in [6.45, 7) is 0.130. The fraction of sp³-hybridized carbons (Fsp3) is 0.222. The Morgan fingerprint density at radius 3 is 2.68 bits per heavy atom. The second-order valence-corrected chi connectivity index (χ2v) is 5.69. The lowest BCUT2D eigenvalue weighted by Crippen LogP contribution is -2.34. The molecule has 0 bridgehead atoms. The molecule has 0 aliphatic carbocycles. The molecular weight excluding hydrogens is 324 g/mol. The number of nitro groups is 1. The highest BCUT2D eigenvalue weighted by Crippen LogP contribution is 2.28. The Labute approximate surface area is 144 Å². The first-order chi connectivity index (χ1) is 12.1. The number of rotatable bonds is 5. The van der Waals surface area contributed by atoms with Crippen LogP contribution in [0, 0.1) is 10.1 Å². The van der Waals surface area contributed by atoms with Gasteiger partial charge in [-0.3, -0.25) is 14.9 Å². The third-order valence-electron chi connectivity index (χ3n) is 4.08. The highest BCUT2D eigenvalue weighted by Gasteiger charge is 2.38. The van der Waals surface area contributed by atoms with Crippen LogP contribution in [0.3, 0.4) is 0 Å². The van der Waals surface area contributed by atoms with Gasteiger partial charge in [-0.05, 0) is 17.5 Å². The SMILES string of the molecule is O=C(CCc1cccc([N+](=O)[O-])c1)N1C(=O)OCC1c1ccccc1. The predicted octanol–water partition coefficient (Wildman–Crippen LogP) is 3.25. The Bertz CT molecular complexity index is 806. The second kappa shape index (κ2) is 7.12. The minimum Gasteiger partial charge on any atom is -0.446 e. The lowest BCUT2D eigenvalue weighted by molar-refractivity contribution is -0.384. The average molecular weight is 340 g/mol.